The standard InChI is InChI=1S/C14H18N2O2/c15-8-13-11-5-1-2-6-12(11)14(17)16(13)9-10-4-3-7-18-10/h1-2,5-6,10,13H,3-4,7-9,15H2. The van der Waals surface area contributed by atoms with Crippen LogP contribution in [0.15, 0.2) is 24.3 Å². The van der Waals surface area contributed by atoms with Crippen LogP contribution < -0.4 is 5.73 Å². The number of carbonyl (C=O) groups excluding carboxylic acids is 1. The molecule has 1 saturated heterocycles. The van der Waals surface area contributed by atoms with Crippen molar-refractivity contribution < 1.29 is 9.53 Å². The van der Waals surface area contributed by atoms with E-state index in [1.165, 1.54) is 0 Å². The summed E-state index contributed by atoms with van der Waals surface area (Å²) in [6, 6.07) is 7.76. The van der Waals surface area contributed by atoms with E-state index in [0.717, 1.165) is 30.6 Å². The molecule has 4 heteroatoms. The molecule has 1 fully saturated rings. The van der Waals surface area contributed by atoms with Gasteiger partial charge in [-0.15, -0.1) is 0 Å². The van der Waals surface area contributed by atoms with Gasteiger partial charge in [-0.25, -0.2) is 0 Å². The van der Waals surface area contributed by atoms with Gasteiger partial charge in [0.05, 0.1) is 12.1 Å². The first-order chi connectivity index (χ1) is 8.81. The van der Waals surface area contributed by atoms with Gasteiger partial charge in [-0.2, -0.15) is 0 Å². The highest BCUT2D eigenvalue weighted by Crippen LogP contribution is 2.33. The lowest BCUT2D eigenvalue weighted by Crippen LogP contribution is -2.38. The first-order valence-electron chi connectivity index (χ1n) is 6.53. The number of ether oxygens (including phenoxy) is 1. The molecule has 2 aliphatic rings. The summed E-state index contributed by atoms with van der Waals surface area (Å²) in [6.45, 7) is 1.94. The molecular weight excluding hydrogens is 228 g/mol. The fraction of sp³-hybridized carbons (Fsp3) is 0.500. The van der Waals surface area contributed by atoms with E-state index < -0.39 is 0 Å². The molecule has 96 valence electrons. The van der Waals surface area contributed by atoms with Crippen molar-refractivity contribution in [2.24, 2.45) is 5.73 Å². The third kappa shape index (κ3) is 1.82. The van der Waals surface area contributed by atoms with E-state index in [1.807, 2.05) is 29.2 Å². The van der Waals surface area contributed by atoms with Crippen LogP contribution in [-0.2, 0) is 4.74 Å². The zero-order chi connectivity index (χ0) is 12.5. The van der Waals surface area contributed by atoms with Crippen molar-refractivity contribution in [2.75, 3.05) is 19.7 Å². The van der Waals surface area contributed by atoms with Crippen molar-refractivity contribution in [3.05, 3.63) is 35.4 Å². The van der Waals surface area contributed by atoms with Crippen LogP contribution in [0, 0.1) is 0 Å². The number of hydrogen-bond acceptors (Lipinski definition) is 3. The lowest BCUT2D eigenvalue weighted by atomic mass is 10.1. The summed E-state index contributed by atoms with van der Waals surface area (Å²) in [5.41, 5.74) is 7.70. The molecule has 0 bridgehead atoms. The maximum atomic E-state index is 12.4. The fourth-order valence-corrected chi connectivity index (χ4v) is 2.92. The minimum absolute atomic E-state index is 0.0119. The molecule has 4 nitrogen and oxygen atoms in total. The molecule has 0 spiro atoms. The van der Waals surface area contributed by atoms with Gasteiger partial charge >= 0.3 is 0 Å². The van der Waals surface area contributed by atoms with E-state index in [-0.39, 0.29) is 18.1 Å². The zero-order valence-corrected chi connectivity index (χ0v) is 10.3. The Kier molecular flexibility index (Phi) is 3.06. The molecule has 2 atom stereocenters. The van der Waals surface area contributed by atoms with Crippen LogP contribution in [0.25, 0.3) is 0 Å². The number of fused-ring (bicyclic) bond motifs is 1. The minimum atomic E-state index is 0.0119. The Hall–Kier alpha value is -1.39. The minimum Gasteiger partial charge on any atom is -0.376 e. The van der Waals surface area contributed by atoms with Gasteiger partial charge in [0.1, 0.15) is 0 Å². The number of nitrogens with two attached hydrogens (primary N) is 1. The molecule has 1 aromatic rings. The van der Waals surface area contributed by atoms with Gasteiger partial charge in [0.25, 0.3) is 5.91 Å². The predicted molar refractivity (Wildman–Crippen MR) is 68.2 cm³/mol. The summed E-state index contributed by atoms with van der Waals surface area (Å²) in [5.74, 6) is 0.0940. The average Bonchev–Trinajstić information content (AvgIpc) is 2.99. The fourth-order valence-electron chi connectivity index (χ4n) is 2.92. The van der Waals surface area contributed by atoms with Gasteiger partial charge in [-0.05, 0) is 24.5 Å². The lowest BCUT2D eigenvalue weighted by Gasteiger charge is -2.26. The monoisotopic (exact) mass is 246 g/mol. The van der Waals surface area contributed by atoms with Crippen molar-refractivity contribution in [1.29, 1.82) is 0 Å². The third-order valence-corrected chi connectivity index (χ3v) is 3.83. The highest BCUT2D eigenvalue weighted by molar-refractivity contribution is 5.99. The highest BCUT2D eigenvalue weighted by atomic mass is 16.5. The normalized spacial score (nSPS) is 26.7. The lowest BCUT2D eigenvalue weighted by molar-refractivity contribution is 0.0470. The molecule has 1 aromatic carbocycles. The topological polar surface area (TPSA) is 55.6 Å². The van der Waals surface area contributed by atoms with Crippen LogP contribution in [-0.4, -0.2) is 36.6 Å². The van der Waals surface area contributed by atoms with Gasteiger partial charge in [0.2, 0.25) is 0 Å². The van der Waals surface area contributed by atoms with Crippen LogP contribution >= 0.6 is 0 Å². The Morgan fingerprint density at radius 3 is 2.94 bits per heavy atom. The Morgan fingerprint density at radius 1 is 1.39 bits per heavy atom. The average molecular weight is 246 g/mol. The van der Waals surface area contributed by atoms with Crippen molar-refractivity contribution in [1.82, 2.24) is 4.90 Å². The summed E-state index contributed by atoms with van der Waals surface area (Å²) in [5, 5.41) is 0. The predicted octanol–water partition coefficient (Wildman–Crippen LogP) is 1.32. The third-order valence-electron chi connectivity index (χ3n) is 3.83. The van der Waals surface area contributed by atoms with E-state index in [4.69, 9.17) is 10.5 Å². The van der Waals surface area contributed by atoms with Crippen LogP contribution in [0.1, 0.15) is 34.8 Å². The first kappa shape index (κ1) is 11.7. The van der Waals surface area contributed by atoms with Gasteiger partial charge in [-0.3, -0.25) is 4.79 Å². The number of carbonyl (C=O) groups is 1. The number of benzene rings is 1. The summed E-state index contributed by atoms with van der Waals surface area (Å²) >= 11 is 0. The van der Waals surface area contributed by atoms with Crippen molar-refractivity contribution >= 4 is 5.91 Å². The summed E-state index contributed by atoms with van der Waals surface area (Å²) in [6.07, 6.45) is 2.31. The summed E-state index contributed by atoms with van der Waals surface area (Å²) < 4.78 is 5.62. The van der Waals surface area contributed by atoms with Crippen molar-refractivity contribution in [3.63, 3.8) is 0 Å². The van der Waals surface area contributed by atoms with Crippen molar-refractivity contribution in [2.45, 2.75) is 25.0 Å². The molecule has 3 rings (SSSR count). The van der Waals surface area contributed by atoms with Gasteiger partial charge in [0.15, 0.2) is 0 Å². The number of nitrogens with zero attached hydrogens (tertiary/aromatic N) is 1. The molecule has 0 aliphatic carbocycles. The van der Waals surface area contributed by atoms with Crippen molar-refractivity contribution in [3.8, 4) is 0 Å². The quantitative estimate of drug-likeness (QED) is 0.875. The Morgan fingerprint density at radius 2 is 2.22 bits per heavy atom. The molecule has 2 unspecified atom stereocenters. The van der Waals surface area contributed by atoms with Crippen LogP contribution in [0.2, 0.25) is 0 Å². The molecular formula is C14H18N2O2. The Bertz CT molecular complexity index is 455. The molecule has 2 aliphatic heterocycles. The van der Waals surface area contributed by atoms with Crippen LogP contribution in [0.3, 0.4) is 0 Å². The van der Waals surface area contributed by atoms with Crippen LogP contribution in [0.4, 0.5) is 0 Å². The molecule has 18 heavy (non-hydrogen) atoms. The maximum Gasteiger partial charge on any atom is 0.254 e. The Balaban J connectivity index is 1.85. The van der Waals surface area contributed by atoms with E-state index >= 15 is 0 Å². The Labute approximate surface area is 107 Å². The van der Waals surface area contributed by atoms with Gasteiger partial charge in [0, 0.05) is 25.3 Å². The number of rotatable bonds is 3. The van der Waals surface area contributed by atoms with Gasteiger partial charge in [-0.1, -0.05) is 18.2 Å². The summed E-state index contributed by atoms with van der Waals surface area (Å²) in [7, 11) is 0. The molecule has 2 N–H and O–H groups in total. The SMILES string of the molecule is NCC1c2ccccc2C(=O)N1CC1CCCO1. The summed E-state index contributed by atoms with van der Waals surface area (Å²) in [4.78, 5) is 14.2. The second kappa shape index (κ2) is 4.71. The van der Waals surface area contributed by atoms with E-state index in [9.17, 15) is 4.79 Å². The number of amides is 1. The smallest absolute Gasteiger partial charge is 0.254 e. The van der Waals surface area contributed by atoms with Gasteiger partial charge < -0.3 is 15.4 Å². The second-order valence-corrected chi connectivity index (χ2v) is 4.93. The van der Waals surface area contributed by atoms with E-state index in [2.05, 4.69) is 0 Å². The maximum absolute atomic E-state index is 12.4. The molecule has 1 amide bonds. The first-order valence-corrected chi connectivity index (χ1v) is 6.53. The largest absolute Gasteiger partial charge is 0.376 e. The van der Waals surface area contributed by atoms with E-state index in [1.54, 1.807) is 0 Å². The number of hydrogen-bond donors (Lipinski definition) is 1. The zero-order valence-electron chi connectivity index (χ0n) is 10.3. The van der Waals surface area contributed by atoms with E-state index in [0.29, 0.717) is 13.1 Å². The second-order valence-electron chi connectivity index (χ2n) is 4.93. The molecule has 0 radical (unpaired) electrons. The molecule has 2 heterocycles. The molecule has 0 aromatic heterocycles. The van der Waals surface area contributed by atoms with Crippen LogP contribution in [0.5, 0.6) is 0 Å². The highest BCUT2D eigenvalue weighted by Gasteiger charge is 2.37. The molecule has 0 saturated carbocycles.